The van der Waals surface area contributed by atoms with Crippen LogP contribution < -0.4 is 4.90 Å². The number of nitriles is 1. The van der Waals surface area contributed by atoms with Crippen LogP contribution in [-0.4, -0.2) is 19.1 Å². The zero-order valence-electron chi connectivity index (χ0n) is 9.03. The largest absolute Gasteiger partial charge is 0.424 e. The lowest BCUT2D eigenvalue weighted by atomic mass is 10.1. The van der Waals surface area contributed by atoms with E-state index in [2.05, 4.69) is 18.8 Å². The van der Waals surface area contributed by atoms with Gasteiger partial charge in [-0.25, -0.2) is 4.98 Å². The van der Waals surface area contributed by atoms with E-state index < -0.39 is 0 Å². The number of rotatable bonds is 3. The van der Waals surface area contributed by atoms with Gasteiger partial charge in [-0.3, -0.25) is 0 Å². The third-order valence-corrected chi connectivity index (χ3v) is 1.75. The molecule has 0 fully saturated rings. The topological polar surface area (TPSA) is 53.1 Å². The van der Waals surface area contributed by atoms with Gasteiger partial charge in [0.05, 0.1) is 0 Å². The molecule has 1 aromatic rings. The highest BCUT2D eigenvalue weighted by molar-refractivity contribution is 5.46. The number of oxazole rings is 1. The van der Waals surface area contributed by atoms with Crippen LogP contribution in [0.3, 0.4) is 0 Å². The Morgan fingerprint density at radius 2 is 2.14 bits per heavy atom. The summed E-state index contributed by atoms with van der Waals surface area (Å²) in [5.41, 5.74) is 0.366. The zero-order chi connectivity index (χ0) is 10.7. The van der Waals surface area contributed by atoms with Crippen LogP contribution in [-0.2, 0) is 6.42 Å². The fourth-order valence-corrected chi connectivity index (χ4v) is 1.17. The fourth-order valence-electron chi connectivity index (χ4n) is 1.17. The van der Waals surface area contributed by atoms with Gasteiger partial charge in [0, 0.05) is 20.5 Å². The summed E-state index contributed by atoms with van der Waals surface area (Å²) in [7, 11) is 3.67. The van der Waals surface area contributed by atoms with E-state index in [4.69, 9.17) is 9.68 Å². The molecule has 1 heterocycles. The van der Waals surface area contributed by atoms with Gasteiger partial charge in [0.15, 0.2) is 5.89 Å². The molecular weight excluding hydrogens is 178 g/mol. The molecule has 0 N–H and O–H groups in total. The van der Waals surface area contributed by atoms with Crippen molar-refractivity contribution in [2.24, 2.45) is 5.92 Å². The number of aromatic nitrogens is 1. The molecule has 0 atom stereocenters. The van der Waals surface area contributed by atoms with Crippen LogP contribution >= 0.6 is 0 Å². The summed E-state index contributed by atoms with van der Waals surface area (Å²) in [5.74, 6) is 1.67. The predicted octanol–water partition coefficient (Wildman–Crippen LogP) is 1.81. The molecule has 14 heavy (non-hydrogen) atoms. The molecule has 76 valence electrons. The first-order chi connectivity index (χ1) is 6.54. The number of anilines is 1. The van der Waals surface area contributed by atoms with E-state index in [-0.39, 0.29) is 0 Å². The zero-order valence-corrected chi connectivity index (χ0v) is 9.03. The van der Waals surface area contributed by atoms with Gasteiger partial charge in [0.1, 0.15) is 6.07 Å². The Morgan fingerprint density at radius 3 is 2.50 bits per heavy atom. The summed E-state index contributed by atoms with van der Waals surface area (Å²) < 4.78 is 5.47. The van der Waals surface area contributed by atoms with Crippen molar-refractivity contribution in [1.82, 2.24) is 4.98 Å². The molecule has 4 heteroatoms. The number of nitrogens with zero attached hydrogens (tertiary/aromatic N) is 3. The molecule has 0 aliphatic heterocycles. The third kappa shape index (κ3) is 2.25. The van der Waals surface area contributed by atoms with E-state index in [1.807, 2.05) is 20.2 Å². The van der Waals surface area contributed by atoms with E-state index >= 15 is 0 Å². The lowest BCUT2D eigenvalue weighted by molar-refractivity contribution is 0.460. The molecule has 0 aliphatic carbocycles. The van der Waals surface area contributed by atoms with Crippen molar-refractivity contribution >= 4 is 5.88 Å². The summed E-state index contributed by atoms with van der Waals surface area (Å²) in [6.45, 7) is 4.18. The normalized spacial score (nSPS) is 10.3. The van der Waals surface area contributed by atoms with Crippen molar-refractivity contribution in [3.05, 3.63) is 11.6 Å². The Kier molecular flexibility index (Phi) is 3.13. The highest BCUT2D eigenvalue weighted by atomic mass is 16.4. The standard InChI is InChI=1S/C10H15N3O/c1-7(2)5-9-12-8(6-11)10(14-9)13(3)4/h7H,5H2,1-4H3. The molecule has 1 aromatic heterocycles. The van der Waals surface area contributed by atoms with Gasteiger partial charge < -0.3 is 9.32 Å². The van der Waals surface area contributed by atoms with E-state index in [1.165, 1.54) is 0 Å². The first kappa shape index (κ1) is 10.6. The maximum absolute atomic E-state index is 8.82. The summed E-state index contributed by atoms with van der Waals surface area (Å²) in [6.07, 6.45) is 0.766. The summed E-state index contributed by atoms with van der Waals surface area (Å²) in [5, 5.41) is 8.82. The predicted molar refractivity (Wildman–Crippen MR) is 54.1 cm³/mol. The average molecular weight is 193 g/mol. The minimum Gasteiger partial charge on any atom is -0.424 e. The van der Waals surface area contributed by atoms with Crippen LogP contribution in [0.5, 0.6) is 0 Å². The van der Waals surface area contributed by atoms with Gasteiger partial charge in [0.2, 0.25) is 11.6 Å². The van der Waals surface area contributed by atoms with Crippen LogP contribution in [0.4, 0.5) is 5.88 Å². The monoisotopic (exact) mass is 193 g/mol. The van der Waals surface area contributed by atoms with Gasteiger partial charge in [-0.2, -0.15) is 5.26 Å². The second-order valence-electron chi connectivity index (χ2n) is 3.87. The Morgan fingerprint density at radius 1 is 1.50 bits per heavy atom. The maximum Gasteiger partial charge on any atom is 0.234 e. The molecule has 0 saturated heterocycles. The fraction of sp³-hybridized carbons (Fsp3) is 0.600. The Hall–Kier alpha value is -1.50. The molecule has 0 amide bonds. The first-order valence-corrected chi connectivity index (χ1v) is 4.61. The highest BCUT2D eigenvalue weighted by Gasteiger charge is 2.14. The number of hydrogen-bond donors (Lipinski definition) is 0. The minimum atomic E-state index is 0.366. The lowest BCUT2D eigenvalue weighted by Gasteiger charge is -2.06. The molecule has 4 nitrogen and oxygen atoms in total. The second-order valence-corrected chi connectivity index (χ2v) is 3.87. The van der Waals surface area contributed by atoms with Crippen LogP contribution in [0.25, 0.3) is 0 Å². The first-order valence-electron chi connectivity index (χ1n) is 4.61. The lowest BCUT2D eigenvalue weighted by Crippen LogP contribution is -2.08. The van der Waals surface area contributed by atoms with Gasteiger partial charge in [-0.1, -0.05) is 13.8 Å². The number of hydrogen-bond acceptors (Lipinski definition) is 4. The van der Waals surface area contributed by atoms with Crippen LogP contribution in [0.2, 0.25) is 0 Å². The van der Waals surface area contributed by atoms with Gasteiger partial charge >= 0.3 is 0 Å². The molecule has 0 bridgehead atoms. The maximum atomic E-state index is 8.82. The molecule has 0 spiro atoms. The Labute approximate surface area is 84.2 Å². The van der Waals surface area contributed by atoms with Crippen LogP contribution in [0.1, 0.15) is 25.4 Å². The van der Waals surface area contributed by atoms with Crippen molar-refractivity contribution in [2.75, 3.05) is 19.0 Å². The van der Waals surface area contributed by atoms with E-state index in [0.29, 0.717) is 23.4 Å². The molecule has 1 rings (SSSR count). The molecular formula is C10H15N3O. The van der Waals surface area contributed by atoms with Crippen molar-refractivity contribution in [3.8, 4) is 6.07 Å². The summed E-state index contributed by atoms with van der Waals surface area (Å²) in [4.78, 5) is 5.88. The Balaban J connectivity index is 2.96. The van der Waals surface area contributed by atoms with Crippen molar-refractivity contribution in [3.63, 3.8) is 0 Å². The SMILES string of the molecule is CC(C)Cc1nc(C#N)c(N(C)C)o1. The summed E-state index contributed by atoms with van der Waals surface area (Å²) >= 11 is 0. The highest BCUT2D eigenvalue weighted by Crippen LogP contribution is 2.20. The quantitative estimate of drug-likeness (QED) is 0.734. The van der Waals surface area contributed by atoms with E-state index in [9.17, 15) is 0 Å². The van der Waals surface area contributed by atoms with Crippen LogP contribution in [0, 0.1) is 17.2 Å². The van der Waals surface area contributed by atoms with Gasteiger partial charge in [-0.15, -0.1) is 0 Å². The minimum absolute atomic E-state index is 0.366. The Bertz CT molecular complexity index is 347. The van der Waals surface area contributed by atoms with Gasteiger partial charge in [-0.05, 0) is 5.92 Å². The smallest absolute Gasteiger partial charge is 0.234 e. The molecule has 0 unspecified atom stereocenters. The molecule has 0 saturated carbocycles. The molecule has 0 aliphatic rings. The average Bonchev–Trinajstić information content (AvgIpc) is 2.46. The molecule has 0 aromatic carbocycles. The third-order valence-electron chi connectivity index (χ3n) is 1.75. The summed E-state index contributed by atoms with van der Waals surface area (Å²) in [6, 6.07) is 2.02. The van der Waals surface area contributed by atoms with Crippen molar-refractivity contribution in [2.45, 2.75) is 20.3 Å². The van der Waals surface area contributed by atoms with E-state index in [0.717, 1.165) is 6.42 Å². The molecule has 0 radical (unpaired) electrons. The van der Waals surface area contributed by atoms with Crippen molar-refractivity contribution in [1.29, 1.82) is 5.26 Å². The van der Waals surface area contributed by atoms with Crippen LogP contribution in [0.15, 0.2) is 4.42 Å². The van der Waals surface area contributed by atoms with Crippen molar-refractivity contribution < 1.29 is 4.42 Å². The second kappa shape index (κ2) is 4.14. The van der Waals surface area contributed by atoms with E-state index in [1.54, 1.807) is 4.90 Å². The van der Waals surface area contributed by atoms with Gasteiger partial charge in [0.25, 0.3) is 0 Å².